The third-order valence-corrected chi connectivity index (χ3v) is 5.43. The maximum atomic E-state index is 12.8. The molecule has 0 saturated carbocycles. The summed E-state index contributed by atoms with van der Waals surface area (Å²) in [5.74, 6) is 0.318. The zero-order valence-corrected chi connectivity index (χ0v) is 15.6. The number of nitriles is 1. The fourth-order valence-electron chi connectivity index (χ4n) is 2.80. The Bertz CT molecular complexity index is 1330. The van der Waals surface area contributed by atoms with Crippen molar-refractivity contribution in [2.45, 2.75) is 11.8 Å². The molecule has 3 aromatic carbocycles. The SMILES string of the molecule is Cc1ccc2nc(-c3ccccc3OS(=O)(=O)c3ccccc3C#N)oc2c1. The van der Waals surface area contributed by atoms with Gasteiger partial charge >= 0.3 is 10.1 Å². The van der Waals surface area contributed by atoms with E-state index in [0.29, 0.717) is 16.7 Å². The lowest BCUT2D eigenvalue weighted by Gasteiger charge is -2.10. The van der Waals surface area contributed by atoms with Crippen LogP contribution in [-0.4, -0.2) is 13.4 Å². The standard InChI is InChI=1S/C21H14N2O4S/c1-14-10-11-17-19(12-14)26-21(23-17)16-7-3-4-8-18(16)27-28(24,25)20-9-5-2-6-15(20)13-22/h2-12H,1H3. The van der Waals surface area contributed by atoms with Gasteiger partial charge in [0.2, 0.25) is 5.89 Å². The van der Waals surface area contributed by atoms with Crippen LogP contribution >= 0.6 is 0 Å². The highest BCUT2D eigenvalue weighted by Gasteiger charge is 2.23. The van der Waals surface area contributed by atoms with E-state index in [1.54, 1.807) is 24.3 Å². The number of rotatable bonds is 4. The van der Waals surface area contributed by atoms with E-state index in [-0.39, 0.29) is 22.1 Å². The third-order valence-electron chi connectivity index (χ3n) is 4.14. The van der Waals surface area contributed by atoms with Gasteiger partial charge in [-0.05, 0) is 48.9 Å². The van der Waals surface area contributed by atoms with Crippen molar-refractivity contribution in [1.29, 1.82) is 5.26 Å². The second-order valence-electron chi connectivity index (χ2n) is 6.13. The first kappa shape index (κ1) is 17.8. The monoisotopic (exact) mass is 390 g/mol. The minimum absolute atomic E-state index is 0.0114. The molecule has 0 unspecified atom stereocenters. The summed E-state index contributed by atoms with van der Waals surface area (Å²) in [6.45, 7) is 1.94. The zero-order valence-electron chi connectivity index (χ0n) is 14.8. The Morgan fingerprint density at radius 2 is 1.79 bits per heavy atom. The molecule has 0 atom stereocenters. The van der Waals surface area contributed by atoms with Crippen molar-refractivity contribution in [1.82, 2.24) is 4.98 Å². The maximum absolute atomic E-state index is 12.8. The predicted molar refractivity (Wildman–Crippen MR) is 103 cm³/mol. The summed E-state index contributed by atoms with van der Waals surface area (Å²) in [5, 5.41) is 9.19. The van der Waals surface area contributed by atoms with Crippen LogP contribution in [0.15, 0.2) is 76.0 Å². The lowest BCUT2D eigenvalue weighted by Crippen LogP contribution is -2.12. The van der Waals surface area contributed by atoms with E-state index in [0.717, 1.165) is 5.56 Å². The van der Waals surface area contributed by atoms with Gasteiger partial charge in [0, 0.05) is 0 Å². The Morgan fingerprint density at radius 3 is 2.61 bits per heavy atom. The van der Waals surface area contributed by atoms with Crippen LogP contribution in [0.5, 0.6) is 5.75 Å². The number of hydrogen-bond acceptors (Lipinski definition) is 6. The summed E-state index contributed by atoms with van der Waals surface area (Å²) < 4.78 is 36.7. The maximum Gasteiger partial charge on any atom is 0.340 e. The van der Waals surface area contributed by atoms with Crippen LogP contribution in [0, 0.1) is 18.3 Å². The summed E-state index contributed by atoms with van der Waals surface area (Å²) in [7, 11) is -4.22. The highest BCUT2D eigenvalue weighted by atomic mass is 32.2. The number of nitrogens with zero attached hydrogens (tertiary/aromatic N) is 2. The fourth-order valence-corrected chi connectivity index (χ4v) is 3.90. The fraction of sp³-hybridized carbons (Fsp3) is 0.0476. The molecule has 0 N–H and O–H groups in total. The van der Waals surface area contributed by atoms with Gasteiger partial charge < -0.3 is 8.60 Å². The molecule has 0 amide bonds. The first-order chi connectivity index (χ1) is 13.5. The van der Waals surface area contributed by atoms with Gasteiger partial charge in [-0.3, -0.25) is 0 Å². The van der Waals surface area contributed by atoms with Gasteiger partial charge in [0.1, 0.15) is 16.5 Å². The summed E-state index contributed by atoms with van der Waals surface area (Å²) in [5.41, 5.74) is 2.69. The van der Waals surface area contributed by atoms with Crippen LogP contribution in [0.2, 0.25) is 0 Å². The molecule has 0 bridgehead atoms. The van der Waals surface area contributed by atoms with Crippen molar-refractivity contribution < 1.29 is 17.0 Å². The molecule has 0 aliphatic heterocycles. The van der Waals surface area contributed by atoms with Crippen LogP contribution in [0.1, 0.15) is 11.1 Å². The second-order valence-corrected chi connectivity index (χ2v) is 7.65. The van der Waals surface area contributed by atoms with E-state index < -0.39 is 10.1 Å². The molecule has 4 aromatic rings. The van der Waals surface area contributed by atoms with Crippen molar-refractivity contribution in [2.75, 3.05) is 0 Å². The molecule has 0 spiro atoms. The number of fused-ring (bicyclic) bond motifs is 1. The van der Waals surface area contributed by atoms with Crippen LogP contribution in [-0.2, 0) is 10.1 Å². The lowest BCUT2D eigenvalue weighted by molar-refractivity contribution is 0.485. The number of hydrogen-bond donors (Lipinski definition) is 0. The van der Waals surface area contributed by atoms with Gasteiger partial charge in [-0.15, -0.1) is 0 Å². The van der Waals surface area contributed by atoms with Gasteiger partial charge in [-0.1, -0.05) is 30.3 Å². The largest absolute Gasteiger partial charge is 0.436 e. The van der Waals surface area contributed by atoms with Gasteiger partial charge in [0.05, 0.1) is 11.1 Å². The van der Waals surface area contributed by atoms with Crippen LogP contribution < -0.4 is 4.18 Å². The van der Waals surface area contributed by atoms with E-state index in [2.05, 4.69) is 4.98 Å². The van der Waals surface area contributed by atoms with Gasteiger partial charge in [-0.25, -0.2) is 4.98 Å². The average molecular weight is 390 g/mol. The topological polar surface area (TPSA) is 93.2 Å². The molecule has 1 aromatic heterocycles. The van der Waals surface area contributed by atoms with Crippen molar-refractivity contribution in [2.24, 2.45) is 0 Å². The lowest BCUT2D eigenvalue weighted by atomic mass is 10.2. The number of para-hydroxylation sites is 1. The van der Waals surface area contributed by atoms with Crippen LogP contribution in [0.25, 0.3) is 22.6 Å². The average Bonchev–Trinajstić information content (AvgIpc) is 3.11. The van der Waals surface area contributed by atoms with Crippen LogP contribution in [0.3, 0.4) is 0 Å². The molecule has 1 heterocycles. The molecular formula is C21H14N2O4S. The van der Waals surface area contributed by atoms with Gasteiger partial charge in [0.15, 0.2) is 11.3 Å². The van der Waals surface area contributed by atoms with Gasteiger partial charge in [0.25, 0.3) is 0 Å². The summed E-state index contributed by atoms with van der Waals surface area (Å²) >= 11 is 0. The minimum atomic E-state index is -4.22. The quantitative estimate of drug-likeness (QED) is 0.478. The molecule has 0 radical (unpaired) electrons. The first-order valence-electron chi connectivity index (χ1n) is 8.38. The Hall–Kier alpha value is -3.63. The second kappa shape index (κ2) is 6.83. The molecule has 0 aliphatic rings. The molecule has 0 aliphatic carbocycles. The van der Waals surface area contributed by atoms with Crippen molar-refractivity contribution in [3.8, 4) is 23.3 Å². The Kier molecular flexibility index (Phi) is 4.34. The normalized spacial score (nSPS) is 11.3. The Balaban J connectivity index is 1.79. The Morgan fingerprint density at radius 1 is 1.04 bits per heavy atom. The van der Waals surface area contributed by atoms with Crippen molar-refractivity contribution in [3.63, 3.8) is 0 Å². The highest BCUT2D eigenvalue weighted by Crippen LogP contribution is 2.33. The number of benzene rings is 3. The van der Waals surface area contributed by atoms with Gasteiger partial charge in [-0.2, -0.15) is 13.7 Å². The zero-order chi connectivity index (χ0) is 19.7. The van der Waals surface area contributed by atoms with E-state index in [9.17, 15) is 13.7 Å². The summed E-state index contributed by atoms with van der Waals surface area (Å²) in [6.07, 6.45) is 0. The molecule has 4 rings (SSSR count). The van der Waals surface area contributed by atoms with Crippen LogP contribution in [0.4, 0.5) is 0 Å². The van der Waals surface area contributed by atoms with Crippen molar-refractivity contribution in [3.05, 3.63) is 77.9 Å². The molecule has 0 fully saturated rings. The van der Waals surface area contributed by atoms with E-state index in [1.165, 1.54) is 24.3 Å². The molecule has 6 nitrogen and oxygen atoms in total. The van der Waals surface area contributed by atoms with E-state index in [4.69, 9.17) is 8.60 Å². The molecule has 28 heavy (non-hydrogen) atoms. The molecule has 138 valence electrons. The minimum Gasteiger partial charge on any atom is -0.436 e. The number of aromatic nitrogens is 1. The van der Waals surface area contributed by atoms with E-state index >= 15 is 0 Å². The molecule has 7 heteroatoms. The third kappa shape index (κ3) is 3.21. The highest BCUT2D eigenvalue weighted by molar-refractivity contribution is 7.87. The molecule has 0 saturated heterocycles. The van der Waals surface area contributed by atoms with Crippen molar-refractivity contribution >= 4 is 21.2 Å². The number of oxazole rings is 1. The molecular weight excluding hydrogens is 376 g/mol. The van der Waals surface area contributed by atoms with E-state index in [1.807, 2.05) is 31.2 Å². The number of aryl methyl sites for hydroxylation is 1. The first-order valence-corrected chi connectivity index (χ1v) is 9.79. The summed E-state index contributed by atoms with van der Waals surface area (Å²) in [6, 6.07) is 19.9. The predicted octanol–water partition coefficient (Wildman–Crippen LogP) is 4.44. The smallest absolute Gasteiger partial charge is 0.340 e. The summed E-state index contributed by atoms with van der Waals surface area (Å²) in [4.78, 5) is 4.23. The Labute approximate surface area is 161 Å².